The zero-order chi connectivity index (χ0) is 19.8. The Morgan fingerprint density at radius 2 is 1.93 bits per heavy atom. The molecule has 0 bridgehead atoms. The molecule has 0 fully saturated rings. The van der Waals surface area contributed by atoms with E-state index in [2.05, 4.69) is 20.6 Å². The maximum atomic E-state index is 12.4. The molecule has 1 aromatic heterocycles. The number of nitrogens with one attached hydrogen (secondary N) is 2. The second kappa shape index (κ2) is 9.71. The minimum atomic E-state index is -0.251. The van der Waals surface area contributed by atoms with Crippen LogP contribution >= 0.6 is 11.6 Å². The molecule has 6 nitrogen and oxygen atoms in total. The van der Waals surface area contributed by atoms with Crippen LogP contribution in [0.5, 0.6) is 5.75 Å². The molecular weight excluding hydrogens is 376 g/mol. The summed E-state index contributed by atoms with van der Waals surface area (Å²) in [7, 11) is 0. The molecule has 0 unspecified atom stereocenters. The minimum Gasteiger partial charge on any atom is -0.494 e. The average molecular weight is 397 g/mol. The van der Waals surface area contributed by atoms with Gasteiger partial charge in [0.2, 0.25) is 0 Å². The molecule has 2 N–H and O–H groups in total. The van der Waals surface area contributed by atoms with Gasteiger partial charge in [-0.1, -0.05) is 23.7 Å². The summed E-state index contributed by atoms with van der Waals surface area (Å²) in [6, 6.07) is 16.7. The van der Waals surface area contributed by atoms with Crippen LogP contribution in [0.1, 0.15) is 23.0 Å². The summed E-state index contributed by atoms with van der Waals surface area (Å²) in [5, 5.41) is 6.70. The molecule has 0 aliphatic rings. The van der Waals surface area contributed by atoms with Crippen molar-refractivity contribution in [2.24, 2.45) is 0 Å². The normalized spacial score (nSPS) is 10.4. The van der Waals surface area contributed by atoms with E-state index >= 15 is 0 Å². The van der Waals surface area contributed by atoms with E-state index in [1.54, 1.807) is 6.07 Å². The van der Waals surface area contributed by atoms with Gasteiger partial charge in [0, 0.05) is 23.3 Å². The first-order valence-corrected chi connectivity index (χ1v) is 9.36. The van der Waals surface area contributed by atoms with Gasteiger partial charge in [-0.15, -0.1) is 0 Å². The minimum absolute atomic E-state index is 0.251. The van der Waals surface area contributed by atoms with Gasteiger partial charge in [-0.25, -0.2) is 9.97 Å². The molecule has 0 spiro atoms. The molecule has 1 heterocycles. The van der Waals surface area contributed by atoms with Crippen molar-refractivity contribution in [3.63, 3.8) is 0 Å². The highest BCUT2D eigenvalue weighted by Crippen LogP contribution is 2.19. The maximum absolute atomic E-state index is 12.4. The Labute approximate surface area is 168 Å². The third-order valence-electron chi connectivity index (χ3n) is 3.93. The lowest BCUT2D eigenvalue weighted by Gasteiger charge is -2.09. The highest BCUT2D eigenvalue weighted by atomic mass is 35.5. The number of rotatable bonds is 8. The maximum Gasteiger partial charge on any atom is 0.270 e. The molecule has 0 atom stereocenters. The largest absolute Gasteiger partial charge is 0.494 e. The van der Waals surface area contributed by atoms with E-state index in [4.69, 9.17) is 16.3 Å². The van der Waals surface area contributed by atoms with Gasteiger partial charge >= 0.3 is 0 Å². The van der Waals surface area contributed by atoms with Crippen LogP contribution in [0.4, 0.5) is 11.5 Å². The zero-order valence-corrected chi connectivity index (χ0v) is 16.2. The van der Waals surface area contributed by atoms with Crippen molar-refractivity contribution in [2.75, 3.05) is 18.5 Å². The highest BCUT2D eigenvalue weighted by Gasteiger charge is 2.09. The van der Waals surface area contributed by atoms with Gasteiger partial charge in [-0.2, -0.15) is 0 Å². The van der Waals surface area contributed by atoms with Crippen LogP contribution in [0.25, 0.3) is 0 Å². The van der Waals surface area contributed by atoms with Gasteiger partial charge < -0.3 is 15.4 Å². The van der Waals surface area contributed by atoms with Crippen LogP contribution in [0, 0.1) is 0 Å². The van der Waals surface area contributed by atoms with Crippen LogP contribution in [0.15, 0.2) is 60.9 Å². The van der Waals surface area contributed by atoms with E-state index in [1.807, 2.05) is 55.5 Å². The van der Waals surface area contributed by atoms with Gasteiger partial charge in [0.15, 0.2) is 0 Å². The number of carbonyl (C=O) groups is 1. The van der Waals surface area contributed by atoms with E-state index in [9.17, 15) is 4.79 Å². The Hall–Kier alpha value is -3.12. The van der Waals surface area contributed by atoms with Crippen LogP contribution in [-0.4, -0.2) is 29.0 Å². The number of benzene rings is 2. The number of amides is 1. The van der Waals surface area contributed by atoms with Crippen LogP contribution in [0.3, 0.4) is 0 Å². The van der Waals surface area contributed by atoms with Crippen LogP contribution in [0.2, 0.25) is 5.02 Å². The van der Waals surface area contributed by atoms with E-state index in [1.165, 1.54) is 6.33 Å². The zero-order valence-electron chi connectivity index (χ0n) is 15.5. The van der Waals surface area contributed by atoms with Crippen molar-refractivity contribution in [2.45, 2.75) is 13.3 Å². The number of halogens is 1. The Balaban J connectivity index is 1.56. The molecule has 0 radical (unpaired) electrons. The number of ether oxygens (including phenoxy) is 1. The smallest absolute Gasteiger partial charge is 0.270 e. The molecule has 0 aliphatic carbocycles. The van der Waals surface area contributed by atoms with Gasteiger partial charge in [0.25, 0.3) is 5.91 Å². The summed E-state index contributed by atoms with van der Waals surface area (Å²) in [5.41, 5.74) is 2.21. The SMILES string of the molecule is CCOc1ccc(Nc2cc(C(=O)NCCc3cccc(Cl)c3)ncn2)cc1. The first-order valence-electron chi connectivity index (χ1n) is 8.98. The number of aromatic nitrogens is 2. The summed E-state index contributed by atoms with van der Waals surface area (Å²) < 4.78 is 5.42. The molecule has 28 heavy (non-hydrogen) atoms. The monoisotopic (exact) mass is 396 g/mol. The third kappa shape index (κ3) is 5.69. The summed E-state index contributed by atoms with van der Waals surface area (Å²) in [4.78, 5) is 20.6. The predicted molar refractivity (Wildman–Crippen MR) is 110 cm³/mol. The lowest BCUT2D eigenvalue weighted by molar-refractivity contribution is 0.0949. The summed E-state index contributed by atoms with van der Waals surface area (Å²) in [5.74, 6) is 1.09. The lowest BCUT2D eigenvalue weighted by atomic mass is 10.1. The second-order valence-corrected chi connectivity index (χ2v) is 6.44. The molecule has 2 aromatic carbocycles. The Morgan fingerprint density at radius 1 is 1.11 bits per heavy atom. The first kappa shape index (κ1) is 19.6. The van der Waals surface area contributed by atoms with E-state index in [0.29, 0.717) is 36.1 Å². The molecule has 1 amide bonds. The number of anilines is 2. The van der Waals surface area contributed by atoms with Gasteiger partial charge in [-0.3, -0.25) is 4.79 Å². The lowest BCUT2D eigenvalue weighted by Crippen LogP contribution is -2.26. The van der Waals surface area contributed by atoms with Crippen molar-refractivity contribution in [3.05, 3.63) is 77.2 Å². The molecule has 0 saturated heterocycles. The molecule has 3 rings (SSSR count). The highest BCUT2D eigenvalue weighted by molar-refractivity contribution is 6.30. The van der Waals surface area contributed by atoms with E-state index in [-0.39, 0.29) is 5.91 Å². The molecule has 3 aromatic rings. The van der Waals surface area contributed by atoms with Gasteiger partial charge in [0.1, 0.15) is 23.6 Å². The number of carbonyl (C=O) groups excluding carboxylic acids is 1. The molecule has 0 saturated carbocycles. The van der Waals surface area contributed by atoms with E-state index < -0.39 is 0 Å². The molecular formula is C21H21ClN4O2. The quantitative estimate of drug-likeness (QED) is 0.595. The number of hydrogen-bond acceptors (Lipinski definition) is 5. The van der Waals surface area contributed by atoms with Crippen molar-refractivity contribution in [1.82, 2.24) is 15.3 Å². The number of hydrogen-bond donors (Lipinski definition) is 2. The van der Waals surface area contributed by atoms with Crippen molar-refractivity contribution in [3.8, 4) is 5.75 Å². The van der Waals surface area contributed by atoms with E-state index in [0.717, 1.165) is 17.0 Å². The van der Waals surface area contributed by atoms with Gasteiger partial charge in [0.05, 0.1) is 6.61 Å². The van der Waals surface area contributed by atoms with Crippen molar-refractivity contribution in [1.29, 1.82) is 0 Å². The topological polar surface area (TPSA) is 76.1 Å². The van der Waals surface area contributed by atoms with Crippen LogP contribution < -0.4 is 15.4 Å². The van der Waals surface area contributed by atoms with Crippen molar-refractivity contribution < 1.29 is 9.53 Å². The first-order chi connectivity index (χ1) is 13.6. The number of nitrogens with zero attached hydrogens (tertiary/aromatic N) is 2. The Kier molecular flexibility index (Phi) is 6.81. The fourth-order valence-corrected chi connectivity index (χ4v) is 2.82. The third-order valence-corrected chi connectivity index (χ3v) is 4.16. The van der Waals surface area contributed by atoms with Crippen molar-refractivity contribution >= 4 is 29.0 Å². The Morgan fingerprint density at radius 3 is 2.68 bits per heavy atom. The summed E-state index contributed by atoms with van der Waals surface area (Å²) in [6.45, 7) is 3.05. The summed E-state index contributed by atoms with van der Waals surface area (Å²) >= 11 is 5.97. The predicted octanol–water partition coefficient (Wildman–Crippen LogP) is 4.24. The fraction of sp³-hybridized carbons (Fsp3) is 0.190. The fourth-order valence-electron chi connectivity index (χ4n) is 2.60. The van der Waals surface area contributed by atoms with Gasteiger partial charge in [-0.05, 0) is 55.3 Å². The average Bonchev–Trinajstić information content (AvgIpc) is 2.70. The standard InChI is InChI=1S/C21H21ClN4O2/c1-2-28-18-8-6-17(7-9-18)26-20-13-19(24-14-25-20)21(27)23-11-10-15-4-3-5-16(22)12-15/h3-9,12-14H,2,10-11H2,1H3,(H,23,27)(H,24,25,26). The van der Waals surface area contributed by atoms with Crippen LogP contribution in [-0.2, 0) is 6.42 Å². The molecule has 7 heteroatoms. The Bertz CT molecular complexity index is 932. The summed E-state index contributed by atoms with van der Waals surface area (Å²) in [6.07, 6.45) is 2.05. The molecule has 0 aliphatic heterocycles. The molecule has 144 valence electrons. The second-order valence-electron chi connectivity index (χ2n) is 6.01.